The fraction of sp³-hybridized carbons (Fsp3) is 0.615. The number of aliphatic hydroxyl groups excluding tert-OH is 1. The summed E-state index contributed by atoms with van der Waals surface area (Å²) in [5.41, 5.74) is 8.78. The van der Waals surface area contributed by atoms with Gasteiger partial charge in [-0.2, -0.15) is 0 Å². The van der Waals surface area contributed by atoms with Gasteiger partial charge < -0.3 is 15.4 Å². The number of hydrogen-bond acceptors (Lipinski definition) is 3. The fourth-order valence-corrected chi connectivity index (χ4v) is 2.56. The van der Waals surface area contributed by atoms with Gasteiger partial charge >= 0.3 is 0 Å². The first-order valence-electron chi connectivity index (χ1n) is 6.33. The van der Waals surface area contributed by atoms with Crippen molar-refractivity contribution in [2.75, 3.05) is 6.61 Å². The van der Waals surface area contributed by atoms with Crippen molar-refractivity contribution in [3.05, 3.63) is 33.2 Å². The van der Waals surface area contributed by atoms with Gasteiger partial charge in [0.1, 0.15) is 0 Å². The Bertz CT molecular complexity index is 451. The number of rotatable bonds is 4. The molecule has 0 aliphatic heterocycles. The van der Waals surface area contributed by atoms with Crippen LogP contribution in [0.2, 0.25) is 0 Å². The van der Waals surface area contributed by atoms with Crippen molar-refractivity contribution in [3.63, 3.8) is 0 Å². The quantitative estimate of drug-likeness (QED) is 0.803. The summed E-state index contributed by atoms with van der Waals surface area (Å²) in [6.45, 7) is 1.02. The van der Waals surface area contributed by atoms with Gasteiger partial charge in [-0.15, -0.1) is 0 Å². The predicted molar refractivity (Wildman–Crippen MR) is 66.9 cm³/mol. The minimum atomic E-state index is 0.0293. The van der Waals surface area contributed by atoms with Crippen molar-refractivity contribution in [1.29, 1.82) is 0 Å². The summed E-state index contributed by atoms with van der Waals surface area (Å²) >= 11 is 0. The topological polar surface area (TPSA) is 68.2 Å². The Labute approximate surface area is 101 Å². The van der Waals surface area contributed by atoms with E-state index in [2.05, 4.69) is 0 Å². The van der Waals surface area contributed by atoms with Crippen molar-refractivity contribution in [1.82, 2.24) is 4.57 Å². The summed E-state index contributed by atoms with van der Waals surface area (Å²) in [4.78, 5) is 12.2. The third-order valence-corrected chi connectivity index (χ3v) is 3.43. The molecule has 2 rings (SSSR count). The monoisotopic (exact) mass is 236 g/mol. The van der Waals surface area contributed by atoms with E-state index in [1.807, 2.05) is 10.6 Å². The molecule has 0 atom stereocenters. The summed E-state index contributed by atoms with van der Waals surface area (Å²) in [6, 6.07) is 1.98. The Balaban J connectivity index is 2.48. The van der Waals surface area contributed by atoms with E-state index >= 15 is 0 Å². The molecule has 1 aliphatic rings. The van der Waals surface area contributed by atoms with E-state index in [4.69, 9.17) is 10.8 Å². The highest BCUT2D eigenvalue weighted by atomic mass is 16.3. The van der Waals surface area contributed by atoms with E-state index in [-0.39, 0.29) is 12.2 Å². The fourth-order valence-electron chi connectivity index (χ4n) is 2.56. The van der Waals surface area contributed by atoms with Crippen molar-refractivity contribution in [3.8, 4) is 0 Å². The molecule has 4 nitrogen and oxygen atoms in total. The minimum absolute atomic E-state index is 0.0293. The van der Waals surface area contributed by atoms with Crippen LogP contribution in [0.15, 0.2) is 10.9 Å². The Morgan fingerprint density at radius 3 is 2.82 bits per heavy atom. The van der Waals surface area contributed by atoms with E-state index < -0.39 is 0 Å². The number of nitrogens with zero attached hydrogens (tertiary/aromatic N) is 1. The minimum Gasteiger partial charge on any atom is -0.396 e. The van der Waals surface area contributed by atoms with Crippen LogP contribution in [-0.4, -0.2) is 16.3 Å². The van der Waals surface area contributed by atoms with Crippen LogP contribution in [0.3, 0.4) is 0 Å². The molecule has 0 aromatic carbocycles. The Morgan fingerprint density at radius 1 is 1.35 bits per heavy atom. The van der Waals surface area contributed by atoms with Gasteiger partial charge in [-0.3, -0.25) is 4.79 Å². The van der Waals surface area contributed by atoms with Crippen molar-refractivity contribution in [2.45, 2.75) is 45.2 Å². The first-order chi connectivity index (χ1) is 8.27. The molecule has 0 unspecified atom stereocenters. The van der Waals surface area contributed by atoms with Crippen LogP contribution in [0.5, 0.6) is 0 Å². The second-order valence-corrected chi connectivity index (χ2v) is 4.59. The molecular formula is C13H20N2O2. The van der Waals surface area contributed by atoms with Crippen LogP contribution < -0.4 is 11.3 Å². The van der Waals surface area contributed by atoms with Crippen LogP contribution in [0.25, 0.3) is 0 Å². The van der Waals surface area contributed by atoms with E-state index in [0.29, 0.717) is 25.1 Å². The standard InChI is InChI=1S/C13H20N2O2/c14-9-11-8-10-4-1-2-5-12(10)15(13(11)17)6-3-7-16/h8,16H,1-7,9,14H2. The SMILES string of the molecule is NCc1cc2c(n(CCCO)c1=O)CCCC2. The lowest BCUT2D eigenvalue weighted by Gasteiger charge is -2.22. The van der Waals surface area contributed by atoms with E-state index in [1.54, 1.807) is 0 Å². The molecule has 0 spiro atoms. The molecule has 0 bridgehead atoms. The largest absolute Gasteiger partial charge is 0.396 e. The van der Waals surface area contributed by atoms with Crippen molar-refractivity contribution >= 4 is 0 Å². The van der Waals surface area contributed by atoms with Gasteiger partial charge in [-0.05, 0) is 43.7 Å². The molecule has 0 amide bonds. The number of pyridine rings is 1. The second-order valence-electron chi connectivity index (χ2n) is 4.59. The van der Waals surface area contributed by atoms with Gasteiger partial charge in [-0.1, -0.05) is 0 Å². The third kappa shape index (κ3) is 2.42. The molecule has 1 heterocycles. The van der Waals surface area contributed by atoms with Crippen LogP contribution in [0.1, 0.15) is 36.1 Å². The molecular weight excluding hydrogens is 216 g/mol. The summed E-state index contributed by atoms with van der Waals surface area (Å²) < 4.78 is 1.83. The van der Waals surface area contributed by atoms with Crippen molar-refractivity contribution < 1.29 is 5.11 Å². The molecule has 0 radical (unpaired) electrons. The first-order valence-corrected chi connectivity index (χ1v) is 6.33. The Morgan fingerprint density at radius 2 is 2.12 bits per heavy atom. The molecule has 1 aliphatic carbocycles. The Hall–Kier alpha value is -1.13. The highest BCUT2D eigenvalue weighted by Gasteiger charge is 2.16. The van der Waals surface area contributed by atoms with Gasteiger partial charge in [-0.25, -0.2) is 0 Å². The van der Waals surface area contributed by atoms with Gasteiger partial charge in [0.15, 0.2) is 0 Å². The van der Waals surface area contributed by atoms with Crippen molar-refractivity contribution in [2.24, 2.45) is 5.73 Å². The summed E-state index contributed by atoms with van der Waals surface area (Å²) in [5, 5.41) is 8.91. The predicted octanol–water partition coefficient (Wildman–Crippen LogP) is 0.568. The number of hydrogen-bond donors (Lipinski definition) is 2. The molecule has 17 heavy (non-hydrogen) atoms. The first kappa shape index (κ1) is 12.3. The molecule has 3 N–H and O–H groups in total. The lowest BCUT2D eigenvalue weighted by molar-refractivity contribution is 0.277. The summed E-state index contributed by atoms with van der Waals surface area (Å²) in [7, 11) is 0. The molecule has 0 saturated carbocycles. The van der Waals surface area contributed by atoms with Crippen LogP contribution in [0.4, 0.5) is 0 Å². The average Bonchev–Trinajstić information content (AvgIpc) is 2.37. The number of fused-ring (bicyclic) bond motifs is 1. The second kappa shape index (κ2) is 5.47. The normalized spacial score (nSPS) is 14.7. The zero-order valence-corrected chi connectivity index (χ0v) is 10.1. The highest BCUT2D eigenvalue weighted by Crippen LogP contribution is 2.20. The maximum absolute atomic E-state index is 12.2. The van der Waals surface area contributed by atoms with E-state index in [9.17, 15) is 4.79 Å². The third-order valence-electron chi connectivity index (χ3n) is 3.43. The molecule has 4 heteroatoms. The van der Waals surface area contributed by atoms with E-state index in [1.165, 1.54) is 12.0 Å². The maximum Gasteiger partial charge on any atom is 0.255 e. The summed E-state index contributed by atoms with van der Waals surface area (Å²) in [6.07, 6.45) is 4.98. The highest BCUT2D eigenvalue weighted by molar-refractivity contribution is 5.29. The molecule has 0 saturated heterocycles. The zero-order valence-electron chi connectivity index (χ0n) is 10.1. The average molecular weight is 236 g/mol. The lowest BCUT2D eigenvalue weighted by atomic mass is 9.94. The number of aromatic nitrogens is 1. The summed E-state index contributed by atoms with van der Waals surface area (Å²) in [5.74, 6) is 0. The smallest absolute Gasteiger partial charge is 0.255 e. The van der Waals surface area contributed by atoms with Crippen LogP contribution >= 0.6 is 0 Å². The number of aryl methyl sites for hydroxylation is 1. The lowest BCUT2D eigenvalue weighted by Crippen LogP contribution is -2.31. The molecule has 94 valence electrons. The van der Waals surface area contributed by atoms with Gasteiger partial charge in [0.25, 0.3) is 5.56 Å². The Kier molecular flexibility index (Phi) is 3.97. The molecule has 0 fully saturated rings. The number of nitrogens with two attached hydrogens (primary N) is 1. The van der Waals surface area contributed by atoms with Crippen LogP contribution in [0, 0.1) is 0 Å². The number of aliphatic hydroxyl groups is 1. The van der Waals surface area contributed by atoms with Gasteiger partial charge in [0, 0.05) is 31.0 Å². The van der Waals surface area contributed by atoms with Crippen LogP contribution in [-0.2, 0) is 25.9 Å². The zero-order chi connectivity index (χ0) is 12.3. The van der Waals surface area contributed by atoms with E-state index in [0.717, 1.165) is 25.0 Å². The van der Waals surface area contributed by atoms with Gasteiger partial charge in [0.2, 0.25) is 0 Å². The molecule has 1 aromatic heterocycles. The maximum atomic E-state index is 12.2. The molecule has 1 aromatic rings. The van der Waals surface area contributed by atoms with Gasteiger partial charge in [0.05, 0.1) is 0 Å².